The second kappa shape index (κ2) is 17.8. The number of likely N-dealkylation sites (N-methyl/N-ethyl adjacent to an activating group) is 2. The Kier molecular flexibility index (Phi) is 13.7. The number of H-pyrrole nitrogens is 1. The quantitative estimate of drug-likeness (QED) is 0.283. The molecule has 53 heavy (non-hydrogen) atoms. The number of carbonyl (C=O) groups excluding carboxylic acids is 6. The molecule has 288 valence electrons. The lowest BCUT2D eigenvalue weighted by Gasteiger charge is -2.33. The molecule has 15 nitrogen and oxygen atoms in total. The lowest BCUT2D eigenvalue weighted by Crippen LogP contribution is -2.53. The maximum atomic E-state index is 13.9. The number of aromatic amines is 1. The maximum Gasteiger partial charge on any atom is 0.271 e. The summed E-state index contributed by atoms with van der Waals surface area (Å²) in [5.74, 6) is -2.74. The van der Waals surface area contributed by atoms with Crippen LogP contribution >= 0.6 is 11.3 Å². The van der Waals surface area contributed by atoms with Crippen LogP contribution in [0.1, 0.15) is 68.1 Å². The second-order valence-electron chi connectivity index (χ2n) is 14.7. The molecule has 0 fully saturated rings. The number of carbonyl (C=O) groups is 6. The molecular formula is C37H52N8O7S. The van der Waals surface area contributed by atoms with Gasteiger partial charge in [0.1, 0.15) is 22.8 Å². The first-order valence-electron chi connectivity index (χ1n) is 17.7. The molecule has 2 aromatic heterocycles. The molecule has 0 saturated heterocycles. The summed E-state index contributed by atoms with van der Waals surface area (Å²) in [6, 6.07) is 5.01. The molecule has 0 radical (unpaired) electrons. The first-order chi connectivity index (χ1) is 25.0. The Morgan fingerprint density at radius 3 is 2.36 bits per heavy atom. The smallest absolute Gasteiger partial charge is 0.271 e. The number of aromatic nitrogens is 2. The van der Waals surface area contributed by atoms with Gasteiger partial charge in [0.05, 0.1) is 31.2 Å². The number of para-hydroxylation sites is 1. The van der Waals surface area contributed by atoms with Crippen LogP contribution in [0.3, 0.4) is 0 Å². The minimum Gasteiger partial charge on any atom is -0.384 e. The highest BCUT2D eigenvalue weighted by Crippen LogP contribution is 2.26. The molecule has 1 aliphatic heterocycles. The third-order valence-electron chi connectivity index (χ3n) is 9.09. The molecule has 2 bridgehead atoms. The van der Waals surface area contributed by atoms with Crippen LogP contribution in [-0.4, -0.2) is 126 Å². The van der Waals surface area contributed by atoms with Gasteiger partial charge in [-0.25, -0.2) is 4.98 Å². The lowest BCUT2D eigenvalue weighted by molar-refractivity contribution is -0.147. The molecule has 16 heteroatoms. The zero-order valence-electron chi connectivity index (χ0n) is 31.8. The van der Waals surface area contributed by atoms with Crippen molar-refractivity contribution in [3.8, 4) is 0 Å². The summed E-state index contributed by atoms with van der Waals surface area (Å²) in [6.45, 7) is 8.53. The van der Waals surface area contributed by atoms with Crippen molar-refractivity contribution in [1.82, 2.24) is 40.6 Å². The highest BCUT2D eigenvalue weighted by molar-refractivity contribution is 7.09. The van der Waals surface area contributed by atoms with Crippen molar-refractivity contribution in [2.75, 3.05) is 54.0 Å². The molecule has 0 aliphatic carbocycles. The normalized spacial score (nSPS) is 20.7. The van der Waals surface area contributed by atoms with Crippen LogP contribution < -0.4 is 16.0 Å². The number of hydrogen-bond donors (Lipinski definition) is 4. The zero-order valence-corrected chi connectivity index (χ0v) is 32.6. The predicted octanol–water partition coefficient (Wildman–Crippen LogP) is 2.11. The molecule has 6 amide bonds. The van der Waals surface area contributed by atoms with Crippen LogP contribution in [0.2, 0.25) is 0 Å². The Labute approximate surface area is 314 Å². The van der Waals surface area contributed by atoms with Crippen LogP contribution in [-0.2, 0) is 35.1 Å². The van der Waals surface area contributed by atoms with Crippen LogP contribution in [0.4, 0.5) is 0 Å². The number of nitrogens with one attached hydrogen (secondary N) is 4. The van der Waals surface area contributed by atoms with E-state index in [1.54, 1.807) is 32.5 Å². The topological polar surface area (TPSA) is 186 Å². The van der Waals surface area contributed by atoms with E-state index in [-0.39, 0.29) is 56.7 Å². The maximum absolute atomic E-state index is 13.9. The molecule has 3 aromatic rings. The summed E-state index contributed by atoms with van der Waals surface area (Å²) in [4.78, 5) is 93.3. The van der Waals surface area contributed by atoms with E-state index < -0.39 is 53.1 Å². The fourth-order valence-corrected chi connectivity index (χ4v) is 7.20. The summed E-state index contributed by atoms with van der Waals surface area (Å²) < 4.78 is 5.28. The molecule has 4 N–H and O–H groups in total. The molecule has 1 aliphatic rings. The fourth-order valence-electron chi connectivity index (χ4n) is 6.33. The highest BCUT2D eigenvalue weighted by Gasteiger charge is 2.35. The summed E-state index contributed by atoms with van der Waals surface area (Å²) in [5, 5.41) is 11.5. The third kappa shape index (κ3) is 10.6. The van der Waals surface area contributed by atoms with E-state index in [0.29, 0.717) is 11.4 Å². The largest absolute Gasteiger partial charge is 0.384 e. The van der Waals surface area contributed by atoms with Crippen molar-refractivity contribution >= 4 is 57.7 Å². The SMILES string of the molecule is COCC(C)(C)C(=O)N1CCN(C)C(=O)[C@H](C)NC(=O)CN(C)C(=O)[C@@H](Cc2c[nH]c3ccccc23)NC(=O)c2csc(n2)[C@H](CC(C)C)NC(=O)C1. The van der Waals surface area contributed by atoms with Crippen LogP contribution in [0.5, 0.6) is 0 Å². The van der Waals surface area contributed by atoms with Crippen LogP contribution in [0.25, 0.3) is 10.9 Å². The van der Waals surface area contributed by atoms with E-state index in [1.807, 2.05) is 38.1 Å². The van der Waals surface area contributed by atoms with Gasteiger partial charge in [-0.05, 0) is 44.7 Å². The van der Waals surface area contributed by atoms with Gasteiger partial charge in [0.15, 0.2) is 0 Å². The van der Waals surface area contributed by atoms with E-state index in [4.69, 9.17) is 4.74 Å². The molecule has 4 rings (SSSR count). The van der Waals surface area contributed by atoms with Crippen LogP contribution in [0, 0.1) is 11.3 Å². The Hall–Kier alpha value is -4.83. The van der Waals surface area contributed by atoms with Gasteiger partial charge in [0.2, 0.25) is 29.5 Å². The molecule has 3 heterocycles. The minimum absolute atomic E-state index is 0.0355. The average molecular weight is 753 g/mol. The Morgan fingerprint density at radius 1 is 0.962 bits per heavy atom. The van der Waals surface area contributed by atoms with Gasteiger partial charge in [-0.15, -0.1) is 11.3 Å². The third-order valence-corrected chi connectivity index (χ3v) is 10.0. The number of rotatable bonds is 7. The number of hydrogen-bond acceptors (Lipinski definition) is 9. The lowest BCUT2D eigenvalue weighted by atomic mass is 9.92. The standard InChI is InChI=1S/C37H52N8O7S/c1-22(2)15-27-33-42-29(20-53-33)32(48)41-28(16-24-17-38-26-12-10-9-11-25(24)26)35(50)44(7)18-30(46)39-23(3)34(49)43(6)13-14-45(19-31(47)40-27)36(51)37(4,5)21-52-8/h9-12,17,20,22-23,27-28,38H,13-16,18-19,21H2,1-8H3,(H,39,46)(H,40,47)(H,41,48)/t23-,27-,28+/m0/s1. The highest BCUT2D eigenvalue weighted by atomic mass is 32.1. The van der Waals surface area contributed by atoms with Gasteiger partial charge in [-0.2, -0.15) is 0 Å². The number of nitrogens with zero attached hydrogens (tertiary/aromatic N) is 4. The second-order valence-corrected chi connectivity index (χ2v) is 15.6. The van der Waals surface area contributed by atoms with Crippen molar-refractivity contribution < 1.29 is 33.5 Å². The van der Waals surface area contributed by atoms with Crippen molar-refractivity contribution in [2.24, 2.45) is 11.3 Å². The van der Waals surface area contributed by atoms with Crippen molar-refractivity contribution in [3.63, 3.8) is 0 Å². The Bertz CT molecular complexity index is 1800. The minimum atomic E-state index is -1.07. The van der Waals surface area contributed by atoms with E-state index in [0.717, 1.165) is 16.5 Å². The molecule has 0 unspecified atom stereocenters. The number of amides is 6. The van der Waals surface area contributed by atoms with Crippen LogP contribution in [0.15, 0.2) is 35.8 Å². The average Bonchev–Trinajstić information content (AvgIpc) is 3.76. The molecule has 3 atom stereocenters. The zero-order chi connectivity index (χ0) is 39.0. The number of ether oxygens (including phenoxy) is 1. The monoisotopic (exact) mass is 752 g/mol. The summed E-state index contributed by atoms with van der Waals surface area (Å²) >= 11 is 1.21. The van der Waals surface area contributed by atoms with E-state index in [2.05, 4.69) is 25.9 Å². The van der Waals surface area contributed by atoms with Gasteiger partial charge < -0.3 is 40.4 Å². The van der Waals surface area contributed by atoms with Gasteiger partial charge in [0, 0.05) is 63.2 Å². The summed E-state index contributed by atoms with van der Waals surface area (Å²) in [5.41, 5.74) is 0.773. The van der Waals surface area contributed by atoms with E-state index in [1.165, 1.54) is 47.1 Å². The number of benzene rings is 1. The van der Waals surface area contributed by atoms with Crippen molar-refractivity contribution in [2.45, 2.75) is 65.6 Å². The fraction of sp³-hybridized carbons (Fsp3) is 0.541. The summed E-state index contributed by atoms with van der Waals surface area (Å²) in [7, 11) is 4.50. The van der Waals surface area contributed by atoms with Crippen molar-refractivity contribution in [1.29, 1.82) is 0 Å². The molecular weight excluding hydrogens is 701 g/mol. The van der Waals surface area contributed by atoms with E-state index >= 15 is 0 Å². The van der Waals surface area contributed by atoms with Gasteiger partial charge in [-0.3, -0.25) is 28.8 Å². The van der Waals surface area contributed by atoms with Crippen molar-refractivity contribution in [3.05, 3.63) is 52.1 Å². The number of methoxy groups -OCH3 is 1. The predicted molar refractivity (Wildman–Crippen MR) is 201 cm³/mol. The van der Waals surface area contributed by atoms with E-state index in [9.17, 15) is 28.8 Å². The summed E-state index contributed by atoms with van der Waals surface area (Å²) in [6.07, 6.45) is 2.42. The van der Waals surface area contributed by atoms with Gasteiger partial charge in [0.25, 0.3) is 5.91 Å². The Morgan fingerprint density at radius 2 is 1.66 bits per heavy atom. The van der Waals surface area contributed by atoms with Gasteiger partial charge >= 0.3 is 0 Å². The van der Waals surface area contributed by atoms with Gasteiger partial charge in [-0.1, -0.05) is 32.0 Å². The number of thiazole rings is 1. The molecule has 0 saturated carbocycles. The first kappa shape index (κ1) is 40.9. The first-order valence-corrected chi connectivity index (χ1v) is 18.6. The molecule has 0 spiro atoms. The Balaban J connectivity index is 1.69. The number of fused-ring (bicyclic) bond motifs is 3. The molecule has 1 aromatic carbocycles.